The molecule has 1 N–H and O–H groups in total. The van der Waals surface area contributed by atoms with Gasteiger partial charge in [-0.2, -0.15) is 0 Å². The second kappa shape index (κ2) is 5.48. The zero-order chi connectivity index (χ0) is 14.8. The third-order valence-electron chi connectivity index (χ3n) is 3.42. The first-order chi connectivity index (χ1) is 9.45. The molecule has 5 nitrogen and oxygen atoms in total. The number of rotatable bonds is 6. The molecule has 0 spiro atoms. The Morgan fingerprint density at radius 2 is 1.95 bits per heavy atom. The van der Waals surface area contributed by atoms with Crippen molar-refractivity contribution in [2.45, 2.75) is 12.8 Å². The minimum absolute atomic E-state index is 0.226. The van der Waals surface area contributed by atoms with E-state index >= 15 is 0 Å². The van der Waals surface area contributed by atoms with Crippen LogP contribution in [0, 0.1) is 11.2 Å². The maximum Gasteiger partial charge on any atom is 0.319 e. The number of aliphatic carboxylic acids is 1. The van der Waals surface area contributed by atoms with Crippen LogP contribution in [0.3, 0.4) is 0 Å². The number of carbonyl (C=O) groups excluding carboxylic acids is 1. The lowest BCUT2D eigenvalue weighted by Gasteiger charge is -2.21. The molecule has 0 unspecified atom stereocenters. The molecule has 0 heterocycles. The molecule has 1 saturated carbocycles. The number of hydrogen-bond donors (Lipinski definition) is 1. The van der Waals surface area contributed by atoms with Crippen molar-refractivity contribution in [3.05, 3.63) is 30.1 Å². The Morgan fingerprint density at radius 3 is 2.45 bits per heavy atom. The Bertz CT molecular complexity index is 510. The molecule has 0 radical (unpaired) electrons. The first kappa shape index (κ1) is 14.3. The summed E-state index contributed by atoms with van der Waals surface area (Å²) in [5.41, 5.74) is -1.22. The summed E-state index contributed by atoms with van der Waals surface area (Å²) >= 11 is 0. The van der Waals surface area contributed by atoms with E-state index in [-0.39, 0.29) is 24.9 Å². The van der Waals surface area contributed by atoms with E-state index in [0.29, 0.717) is 18.6 Å². The molecular formula is C14H16FNO4. The van der Waals surface area contributed by atoms with Crippen molar-refractivity contribution in [1.29, 1.82) is 0 Å². The van der Waals surface area contributed by atoms with Crippen LogP contribution in [0.4, 0.5) is 4.39 Å². The van der Waals surface area contributed by atoms with Crippen molar-refractivity contribution >= 4 is 11.9 Å². The minimum Gasteiger partial charge on any atom is -0.492 e. The molecule has 108 valence electrons. The smallest absolute Gasteiger partial charge is 0.319 e. The van der Waals surface area contributed by atoms with E-state index in [0.717, 1.165) is 0 Å². The minimum atomic E-state index is -1.22. The van der Waals surface area contributed by atoms with Gasteiger partial charge in [-0.1, -0.05) is 0 Å². The number of amides is 1. The monoisotopic (exact) mass is 281 g/mol. The molecule has 1 aromatic rings. The second-order valence-corrected chi connectivity index (χ2v) is 4.92. The maximum absolute atomic E-state index is 12.7. The first-order valence-electron chi connectivity index (χ1n) is 6.33. The van der Waals surface area contributed by atoms with E-state index < -0.39 is 11.4 Å². The van der Waals surface area contributed by atoms with Crippen LogP contribution in [0.15, 0.2) is 24.3 Å². The van der Waals surface area contributed by atoms with Crippen LogP contribution in [-0.4, -0.2) is 42.1 Å². The number of benzene rings is 1. The van der Waals surface area contributed by atoms with Gasteiger partial charge in [0.2, 0.25) is 5.91 Å². The van der Waals surface area contributed by atoms with E-state index in [2.05, 4.69) is 0 Å². The molecule has 6 heteroatoms. The van der Waals surface area contributed by atoms with E-state index in [1.54, 1.807) is 7.05 Å². The van der Waals surface area contributed by atoms with Gasteiger partial charge >= 0.3 is 5.97 Å². The number of likely N-dealkylation sites (N-methyl/N-ethyl adjacent to an activating group) is 1. The highest BCUT2D eigenvalue weighted by molar-refractivity contribution is 6.04. The quantitative estimate of drug-likeness (QED) is 0.803. The van der Waals surface area contributed by atoms with Crippen molar-refractivity contribution in [2.75, 3.05) is 20.2 Å². The molecule has 0 atom stereocenters. The van der Waals surface area contributed by atoms with Gasteiger partial charge in [0, 0.05) is 7.05 Å². The SMILES string of the molecule is CN(CCOc1ccc(F)cc1)C(=O)C1(C(=O)O)CC1. The highest BCUT2D eigenvalue weighted by atomic mass is 19.1. The summed E-state index contributed by atoms with van der Waals surface area (Å²) in [4.78, 5) is 24.4. The summed E-state index contributed by atoms with van der Waals surface area (Å²) < 4.78 is 18.1. The molecule has 0 aromatic heterocycles. The molecule has 0 saturated heterocycles. The standard InChI is InChI=1S/C14H16FNO4/c1-16(12(17)14(6-7-14)13(18)19)8-9-20-11-4-2-10(15)3-5-11/h2-5H,6-9H2,1H3,(H,18,19). The summed E-state index contributed by atoms with van der Waals surface area (Å²) in [6.45, 7) is 0.509. The predicted octanol–water partition coefficient (Wildman–Crippen LogP) is 1.53. The fourth-order valence-corrected chi connectivity index (χ4v) is 1.94. The highest BCUT2D eigenvalue weighted by Gasteiger charge is 2.58. The van der Waals surface area contributed by atoms with Crippen LogP contribution in [0.1, 0.15) is 12.8 Å². The topological polar surface area (TPSA) is 66.8 Å². The fraction of sp³-hybridized carbons (Fsp3) is 0.429. The summed E-state index contributed by atoms with van der Waals surface area (Å²) in [7, 11) is 1.55. The lowest BCUT2D eigenvalue weighted by atomic mass is 10.1. The van der Waals surface area contributed by atoms with Gasteiger partial charge in [-0.05, 0) is 37.1 Å². The third kappa shape index (κ3) is 2.89. The average molecular weight is 281 g/mol. The highest BCUT2D eigenvalue weighted by Crippen LogP contribution is 2.47. The zero-order valence-electron chi connectivity index (χ0n) is 11.1. The van der Waals surface area contributed by atoms with Crippen LogP contribution >= 0.6 is 0 Å². The summed E-state index contributed by atoms with van der Waals surface area (Å²) in [5, 5.41) is 9.04. The molecule has 1 fully saturated rings. The van der Waals surface area contributed by atoms with Crippen LogP contribution in [0.2, 0.25) is 0 Å². The molecule has 20 heavy (non-hydrogen) atoms. The molecule has 1 aromatic carbocycles. The van der Waals surface area contributed by atoms with Crippen molar-refractivity contribution in [2.24, 2.45) is 5.41 Å². The second-order valence-electron chi connectivity index (χ2n) is 4.92. The van der Waals surface area contributed by atoms with Gasteiger partial charge in [0.1, 0.15) is 23.6 Å². The fourth-order valence-electron chi connectivity index (χ4n) is 1.94. The predicted molar refractivity (Wildman–Crippen MR) is 68.8 cm³/mol. The van der Waals surface area contributed by atoms with Gasteiger partial charge in [-0.15, -0.1) is 0 Å². The van der Waals surface area contributed by atoms with E-state index in [4.69, 9.17) is 9.84 Å². The van der Waals surface area contributed by atoms with Crippen LogP contribution in [0.25, 0.3) is 0 Å². The van der Waals surface area contributed by atoms with Crippen LogP contribution in [-0.2, 0) is 9.59 Å². The van der Waals surface area contributed by atoms with E-state index in [9.17, 15) is 14.0 Å². The molecular weight excluding hydrogens is 265 g/mol. The molecule has 1 aliphatic carbocycles. The number of carbonyl (C=O) groups is 2. The lowest BCUT2D eigenvalue weighted by molar-refractivity contribution is -0.153. The number of halogens is 1. The van der Waals surface area contributed by atoms with Crippen molar-refractivity contribution in [3.8, 4) is 5.75 Å². The largest absolute Gasteiger partial charge is 0.492 e. The van der Waals surface area contributed by atoms with Gasteiger partial charge in [0.25, 0.3) is 0 Å². The Hall–Kier alpha value is -2.11. The van der Waals surface area contributed by atoms with Crippen LogP contribution < -0.4 is 4.74 Å². The molecule has 1 aliphatic rings. The maximum atomic E-state index is 12.7. The molecule has 0 aliphatic heterocycles. The first-order valence-corrected chi connectivity index (χ1v) is 6.33. The van der Waals surface area contributed by atoms with Crippen molar-refractivity contribution < 1.29 is 23.8 Å². The zero-order valence-corrected chi connectivity index (χ0v) is 11.1. The van der Waals surface area contributed by atoms with Gasteiger partial charge < -0.3 is 14.7 Å². The summed E-state index contributed by atoms with van der Waals surface area (Å²) in [6.07, 6.45) is 0.786. The van der Waals surface area contributed by atoms with Gasteiger partial charge in [0.05, 0.1) is 6.54 Å². The molecule has 1 amide bonds. The Balaban J connectivity index is 1.81. The molecule has 0 bridgehead atoms. The van der Waals surface area contributed by atoms with E-state index in [1.165, 1.54) is 29.2 Å². The Labute approximate surface area is 116 Å². The number of carboxylic acid groups (broad SMARTS) is 1. The average Bonchev–Trinajstić information content (AvgIpc) is 3.21. The van der Waals surface area contributed by atoms with Gasteiger partial charge in [-0.3, -0.25) is 9.59 Å². The van der Waals surface area contributed by atoms with Crippen molar-refractivity contribution in [3.63, 3.8) is 0 Å². The number of ether oxygens (including phenoxy) is 1. The number of carboxylic acids is 1. The summed E-state index contributed by atoms with van der Waals surface area (Å²) in [5.74, 6) is -1.28. The number of hydrogen-bond acceptors (Lipinski definition) is 3. The number of nitrogens with zero attached hydrogens (tertiary/aromatic N) is 1. The lowest BCUT2D eigenvalue weighted by Crippen LogP contribution is -2.40. The Kier molecular flexibility index (Phi) is 3.92. The van der Waals surface area contributed by atoms with Crippen molar-refractivity contribution in [1.82, 2.24) is 4.90 Å². The molecule has 2 rings (SSSR count). The van der Waals surface area contributed by atoms with Gasteiger partial charge in [0.15, 0.2) is 0 Å². The van der Waals surface area contributed by atoms with Gasteiger partial charge in [-0.25, -0.2) is 4.39 Å². The Morgan fingerprint density at radius 1 is 1.35 bits per heavy atom. The van der Waals surface area contributed by atoms with Crippen LogP contribution in [0.5, 0.6) is 5.75 Å². The van der Waals surface area contributed by atoms with E-state index in [1.807, 2.05) is 0 Å². The third-order valence-corrected chi connectivity index (χ3v) is 3.42. The summed E-state index contributed by atoms with van der Waals surface area (Å²) in [6, 6.07) is 5.56. The normalized spacial score (nSPS) is 15.5.